The molecule has 1 aliphatic heterocycles. The summed E-state index contributed by atoms with van der Waals surface area (Å²) in [6.07, 6.45) is 0. The van der Waals surface area contributed by atoms with E-state index in [-0.39, 0.29) is 11.9 Å². The van der Waals surface area contributed by atoms with E-state index in [1.807, 2.05) is 31.2 Å². The van der Waals surface area contributed by atoms with Crippen LogP contribution < -0.4 is 5.32 Å². The molecule has 0 aromatic heterocycles. The van der Waals surface area contributed by atoms with Gasteiger partial charge in [0.25, 0.3) is 0 Å². The van der Waals surface area contributed by atoms with Crippen molar-refractivity contribution < 1.29 is 14.7 Å². The molecule has 20 heavy (non-hydrogen) atoms. The maximum atomic E-state index is 11.9. The molecule has 0 radical (unpaired) electrons. The standard InChI is InChI=1S/C15H20N2O3/c1-10-5-3-4-6-12(10)7-16-15(20)17-8-13(9-17)11(2)14(18)19/h3-6,11,13H,7-9H2,1-2H3,(H,16,20)(H,18,19). The first-order chi connectivity index (χ1) is 9.49. The van der Waals surface area contributed by atoms with Crippen LogP contribution in [0.4, 0.5) is 4.79 Å². The topological polar surface area (TPSA) is 69.6 Å². The highest BCUT2D eigenvalue weighted by atomic mass is 16.4. The van der Waals surface area contributed by atoms with Crippen LogP contribution in [0.5, 0.6) is 0 Å². The van der Waals surface area contributed by atoms with Crippen LogP contribution in [-0.4, -0.2) is 35.1 Å². The number of likely N-dealkylation sites (tertiary alicyclic amines) is 1. The lowest BCUT2D eigenvalue weighted by Crippen LogP contribution is -2.56. The van der Waals surface area contributed by atoms with E-state index in [0.717, 1.165) is 11.1 Å². The predicted octanol–water partition coefficient (Wildman–Crippen LogP) is 1.86. The second-order valence-corrected chi connectivity index (χ2v) is 5.38. The van der Waals surface area contributed by atoms with Gasteiger partial charge in [-0.05, 0) is 18.1 Å². The van der Waals surface area contributed by atoms with Gasteiger partial charge in [0.15, 0.2) is 0 Å². The second-order valence-electron chi connectivity index (χ2n) is 5.38. The van der Waals surface area contributed by atoms with Crippen LogP contribution in [0.2, 0.25) is 0 Å². The number of benzene rings is 1. The molecule has 2 N–H and O–H groups in total. The number of aliphatic carboxylic acids is 1. The summed E-state index contributed by atoms with van der Waals surface area (Å²) in [7, 11) is 0. The lowest BCUT2D eigenvalue weighted by Gasteiger charge is -2.41. The Morgan fingerprint density at radius 1 is 1.40 bits per heavy atom. The van der Waals surface area contributed by atoms with Crippen molar-refractivity contribution in [3.8, 4) is 0 Å². The largest absolute Gasteiger partial charge is 0.481 e. The first kappa shape index (κ1) is 14.4. The van der Waals surface area contributed by atoms with E-state index < -0.39 is 11.9 Å². The number of nitrogens with one attached hydrogen (secondary N) is 1. The van der Waals surface area contributed by atoms with E-state index in [1.165, 1.54) is 0 Å². The minimum atomic E-state index is -0.796. The molecule has 108 valence electrons. The Labute approximate surface area is 118 Å². The third kappa shape index (κ3) is 3.10. The van der Waals surface area contributed by atoms with Gasteiger partial charge in [0, 0.05) is 25.6 Å². The van der Waals surface area contributed by atoms with Crippen molar-refractivity contribution >= 4 is 12.0 Å². The Balaban J connectivity index is 1.78. The van der Waals surface area contributed by atoms with Crippen molar-refractivity contribution in [3.05, 3.63) is 35.4 Å². The summed E-state index contributed by atoms with van der Waals surface area (Å²) in [6, 6.07) is 7.79. The zero-order valence-electron chi connectivity index (χ0n) is 11.8. The molecule has 2 rings (SSSR count). The summed E-state index contributed by atoms with van der Waals surface area (Å²) in [5.74, 6) is -1.12. The van der Waals surface area contributed by atoms with E-state index in [1.54, 1.807) is 11.8 Å². The number of hydrogen-bond donors (Lipinski definition) is 2. The zero-order chi connectivity index (χ0) is 14.7. The molecule has 0 saturated carbocycles. The molecule has 1 atom stereocenters. The van der Waals surface area contributed by atoms with Crippen molar-refractivity contribution in [1.82, 2.24) is 10.2 Å². The van der Waals surface area contributed by atoms with Gasteiger partial charge in [-0.1, -0.05) is 31.2 Å². The summed E-state index contributed by atoms with van der Waals surface area (Å²) in [4.78, 5) is 24.4. The Morgan fingerprint density at radius 2 is 2.05 bits per heavy atom. The number of aryl methyl sites for hydroxylation is 1. The van der Waals surface area contributed by atoms with E-state index in [2.05, 4.69) is 5.32 Å². The van der Waals surface area contributed by atoms with E-state index in [9.17, 15) is 9.59 Å². The first-order valence-electron chi connectivity index (χ1n) is 6.79. The molecule has 1 heterocycles. The fraction of sp³-hybridized carbons (Fsp3) is 0.467. The van der Waals surface area contributed by atoms with Crippen LogP contribution in [0.3, 0.4) is 0 Å². The molecule has 2 amide bonds. The Morgan fingerprint density at radius 3 is 2.65 bits per heavy atom. The van der Waals surface area contributed by atoms with Gasteiger partial charge in [-0.15, -0.1) is 0 Å². The molecule has 5 nitrogen and oxygen atoms in total. The van der Waals surface area contributed by atoms with Gasteiger partial charge < -0.3 is 15.3 Å². The lowest BCUT2D eigenvalue weighted by atomic mass is 9.87. The predicted molar refractivity (Wildman–Crippen MR) is 75.3 cm³/mol. The van der Waals surface area contributed by atoms with Crippen LogP contribution in [0.25, 0.3) is 0 Å². The number of carboxylic acid groups (broad SMARTS) is 1. The molecule has 5 heteroatoms. The summed E-state index contributed by atoms with van der Waals surface area (Å²) < 4.78 is 0. The SMILES string of the molecule is Cc1ccccc1CNC(=O)N1CC(C(C)C(=O)O)C1. The van der Waals surface area contributed by atoms with Crippen LogP contribution in [0.1, 0.15) is 18.1 Å². The molecule has 1 aliphatic rings. The molecule has 1 aromatic carbocycles. The third-order valence-corrected chi connectivity index (χ3v) is 3.98. The molecule has 1 aromatic rings. The lowest BCUT2D eigenvalue weighted by molar-refractivity contribution is -0.144. The first-order valence-corrected chi connectivity index (χ1v) is 6.79. The number of nitrogens with zero attached hydrogens (tertiary/aromatic N) is 1. The third-order valence-electron chi connectivity index (χ3n) is 3.98. The molecular formula is C15H20N2O3. The van der Waals surface area contributed by atoms with Gasteiger partial charge >= 0.3 is 12.0 Å². The number of rotatable bonds is 4. The van der Waals surface area contributed by atoms with Gasteiger partial charge in [0.1, 0.15) is 0 Å². The van der Waals surface area contributed by atoms with E-state index in [0.29, 0.717) is 19.6 Å². The fourth-order valence-corrected chi connectivity index (χ4v) is 2.29. The Bertz CT molecular complexity index is 510. The number of urea groups is 1. The number of hydrogen-bond acceptors (Lipinski definition) is 2. The minimum absolute atomic E-state index is 0.0664. The van der Waals surface area contributed by atoms with Crippen molar-refractivity contribution in [3.63, 3.8) is 0 Å². The van der Waals surface area contributed by atoms with Gasteiger partial charge in [-0.3, -0.25) is 4.79 Å². The summed E-state index contributed by atoms with van der Waals surface area (Å²) in [5.41, 5.74) is 2.24. The maximum absolute atomic E-state index is 11.9. The number of carbonyl (C=O) groups is 2. The van der Waals surface area contributed by atoms with Crippen molar-refractivity contribution in [2.45, 2.75) is 20.4 Å². The van der Waals surface area contributed by atoms with Gasteiger partial charge in [-0.2, -0.15) is 0 Å². The average Bonchev–Trinajstić information content (AvgIpc) is 2.35. The molecule has 0 bridgehead atoms. The highest BCUT2D eigenvalue weighted by Gasteiger charge is 2.37. The normalized spacial score (nSPS) is 16.4. The van der Waals surface area contributed by atoms with E-state index >= 15 is 0 Å². The fourth-order valence-electron chi connectivity index (χ4n) is 2.29. The molecule has 1 fully saturated rings. The highest BCUT2D eigenvalue weighted by Crippen LogP contribution is 2.23. The quantitative estimate of drug-likeness (QED) is 0.882. The van der Waals surface area contributed by atoms with E-state index in [4.69, 9.17) is 5.11 Å². The van der Waals surface area contributed by atoms with Gasteiger partial charge in [0.05, 0.1) is 5.92 Å². The minimum Gasteiger partial charge on any atom is -0.481 e. The van der Waals surface area contributed by atoms with Crippen molar-refractivity contribution in [2.24, 2.45) is 11.8 Å². The summed E-state index contributed by atoms with van der Waals surface area (Å²) in [6.45, 7) is 5.24. The summed E-state index contributed by atoms with van der Waals surface area (Å²) in [5, 5.41) is 11.8. The maximum Gasteiger partial charge on any atom is 0.317 e. The van der Waals surface area contributed by atoms with Crippen LogP contribution >= 0.6 is 0 Å². The van der Waals surface area contributed by atoms with Crippen LogP contribution in [0.15, 0.2) is 24.3 Å². The molecule has 1 unspecified atom stereocenters. The number of amides is 2. The zero-order valence-corrected chi connectivity index (χ0v) is 11.8. The molecular weight excluding hydrogens is 256 g/mol. The monoisotopic (exact) mass is 276 g/mol. The summed E-state index contributed by atoms with van der Waals surface area (Å²) >= 11 is 0. The Kier molecular flexibility index (Phi) is 4.27. The second kappa shape index (κ2) is 5.94. The van der Waals surface area contributed by atoms with Gasteiger partial charge in [-0.25, -0.2) is 4.79 Å². The van der Waals surface area contributed by atoms with Crippen LogP contribution in [-0.2, 0) is 11.3 Å². The van der Waals surface area contributed by atoms with Crippen molar-refractivity contribution in [1.29, 1.82) is 0 Å². The van der Waals surface area contributed by atoms with Crippen molar-refractivity contribution in [2.75, 3.05) is 13.1 Å². The van der Waals surface area contributed by atoms with Crippen LogP contribution in [0, 0.1) is 18.8 Å². The molecule has 0 aliphatic carbocycles. The molecule has 0 spiro atoms. The highest BCUT2D eigenvalue weighted by molar-refractivity contribution is 5.76. The van der Waals surface area contributed by atoms with Gasteiger partial charge in [0.2, 0.25) is 0 Å². The number of carbonyl (C=O) groups excluding carboxylic acids is 1. The smallest absolute Gasteiger partial charge is 0.317 e. The average molecular weight is 276 g/mol. The number of carboxylic acids is 1. The molecule has 1 saturated heterocycles. The Hall–Kier alpha value is -2.04.